The Balaban J connectivity index is 0.000000170. The van der Waals surface area contributed by atoms with E-state index in [1.807, 2.05) is 55.1 Å². The van der Waals surface area contributed by atoms with Gasteiger partial charge < -0.3 is 30.2 Å². The lowest BCUT2D eigenvalue weighted by Gasteiger charge is -2.39. The largest absolute Gasteiger partial charge is 0.416 e. The van der Waals surface area contributed by atoms with Gasteiger partial charge >= 0.3 is 24.6 Å². The zero-order valence-electron chi connectivity index (χ0n) is 51.5. The van der Waals surface area contributed by atoms with E-state index in [2.05, 4.69) is 47.9 Å². The fraction of sp³-hybridized carbons (Fsp3) is 0.362. The Kier molecular flexibility index (Phi) is 21.8. The number of halogens is 12. The molecule has 13 nitrogen and oxygen atoms in total. The maximum absolute atomic E-state index is 16.0. The molecule has 2 amide bonds. The molecule has 0 unspecified atom stereocenters. The van der Waals surface area contributed by atoms with Crippen molar-refractivity contribution in [1.29, 1.82) is 5.26 Å². The third kappa shape index (κ3) is 17.9. The van der Waals surface area contributed by atoms with Crippen molar-refractivity contribution in [1.82, 2.24) is 30.0 Å². The van der Waals surface area contributed by atoms with Crippen LogP contribution in [0.15, 0.2) is 180 Å². The molecule has 0 atom stereocenters. The molecular weight excluding hydrogens is 1240 g/mol. The molecule has 11 rings (SSSR count). The molecule has 2 aromatic heterocycles. The lowest BCUT2D eigenvalue weighted by atomic mass is 9.86. The second kappa shape index (κ2) is 29.7. The summed E-state index contributed by atoms with van der Waals surface area (Å²) in [5.74, 6) is 0.750. The first-order chi connectivity index (χ1) is 44.7. The molecule has 0 bridgehead atoms. The highest BCUT2D eigenvalue weighted by atomic mass is 19.4. The minimum Gasteiger partial charge on any atom is -0.371 e. The number of anilines is 3. The Hall–Kier alpha value is -9.34. The van der Waals surface area contributed by atoms with Gasteiger partial charge in [0, 0.05) is 120 Å². The predicted octanol–water partition coefficient (Wildman–Crippen LogP) is 16.4. The quantitative estimate of drug-likeness (QED) is 0.0446. The van der Waals surface area contributed by atoms with E-state index < -0.39 is 58.3 Å². The van der Waals surface area contributed by atoms with Crippen molar-refractivity contribution in [2.24, 2.45) is 9.98 Å². The van der Waals surface area contributed by atoms with Gasteiger partial charge in [0.2, 0.25) is 5.96 Å². The molecular formula is C69H70F12N12O. The van der Waals surface area contributed by atoms with Crippen LogP contribution >= 0.6 is 0 Å². The van der Waals surface area contributed by atoms with Crippen LogP contribution in [0.1, 0.15) is 96.1 Å². The highest BCUT2D eigenvalue weighted by Crippen LogP contribution is 2.41. The van der Waals surface area contributed by atoms with Gasteiger partial charge in [0.15, 0.2) is 23.5 Å². The summed E-state index contributed by atoms with van der Waals surface area (Å²) >= 11 is 0. The molecule has 3 N–H and O–H groups in total. The third-order valence-electron chi connectivity index (χ3n) is 17.1. The van der Waals surface area contributed by atoms with Gasteiger partial charge in [-0.3, -0.25) is 15.3 Å². The molecule has 0 saturated carbocycles. The van der Waals surface area contributed by atoms with Crippen LogP contribution in [-0.2, 0) is 35.5 Å². The van der Waals surface area contributed by atoms with E-state index >= 15 is 13.2 Å². The van der Waals surface area contributed by atoms with E-state index in [1.165, 1.54) is 47.0 Å². The first kappa shape index (κ1) is 69.0. The van der Waals surface area contributed by atoms with Gasteiger partial charge in [-0.1, -0.05) is 60.7 Å². The average Bonchev–Trinajstić information content (AvgIpc) is 0.810. The van der Waals surface area contributed by atoms with Crippen molar-refractivity contribution in [3.05, 3.63) is 215 Å². The highest BCUT2D eigenvalue weighted by molar-refractivity contribution is 5.94. The van der Waals surface area contributed by atoms with E-state index in [4.69, 9.17) is 10.3 Å². The number of nitrogens with one attached hydrogen (secondary N) is 3. The van der Waals surface area contributed by atoms with Gasteiger partial charge in [0.1, 0.15) is 5.67 Å². The Labute approximate surface area is 537 Å². The molecule has 4 saturated heterocycles. The molecule has 4 fully saturated rings. The first-order valence-electron chi connectivity index (χ1n) is 30.6. The molecule has 5 aromatic carbocycles. The van der Waals surface area contributed by atoms with Gasteiger partial charge in [0.05, 0.1) is 39.8 Å². The number of aliphatic imine (C=N–C) groups is 2. The van der Waals surface area contributed by atoms with Crippen LogP contribution in [0, 0.1) is 25.3 Å². The Bertz CT molecular complexity index is 3700. The summed E-state index contributed by atoms with van der Waals surface area (Å²) in [5, 5.41) is 17.3. The first-order valence-corrected chi connectivity index (χ1v) is 30.6. The molecule has 7 aromatic rings. The molecule has 6 heterocycles. The number of benzene rings is 5. The molecule has 4 aliphatic rings. The van der Waals surface area contributed by atoms with E-state index in [0.717, 1.165) is 73.5 Å². The Morgan fingerprint density at radius 3 is 1.34 bits per heavy atom. The fourth-order valence-electron chi connectivity index (χ4n) is 11.8. The highest BCUT2D eigenvalue weighted by Gasteiger charge is 2.42. The Morgan fingerprint density at radius 1 is 0.500 bits per heavy atom. The van der Waals surface area contributed by atoms with Crippen molar-refractivity contribution in [3.63, 3.8) is 0 Å². The van der Waals surface area contributed by atoms with Crippen molar-refractivity contribution < 1.29 is 57.5 Å². The van der Waals surface area contributed by atoms with E-state index in [0.29, 0.717) is 41.7 Å². The summed E-state index contributed by atoms with van der Waals surface area (Å²) in [4.78, 5) is 37.6. The fourth-order valence-corrected chi connectivity index (χ4v) is 11.8. The number of likely N-dealkylation sites (tertiary alicyclic amines) is 3. The van der Waals surface area contributed by atoms with Gasteiger partial charge in [-0.25, -0.2) is 28.0 Å². The van der Waals surface area contributed by atoms with Crippen LogP contribution in [0.25, 0.3) is 0 Å². The summed E-state index contributed by atoms with van der Waals surface area (Å²) in [5.41, 5.74) is -1.51. The molecule has 496 valence electrons. The number of amides is 2. The van der Waals surface area contributed by atoms with Crippen LogP contribution in [0.3, 0.4) is 0 Å². The van der Waals surface area contributed by atoms with Crippen LogP contribution in [0.4, 0.5) is 80.2 Å². The summed E-state index contributed by atoms with van der Waals surface area (Å²) in [7, 11) is 0. The normalized spacial score (nSPS) is 17.7. The summed E-state index contributed by atoms with van der Waals surface area (Å²) in [6.45, 7) is 7.26. The number of rotatable bonds is 8. The minimum atomic E-state index is -4.43. The van der Waals surface area contributed by atoms with Gasteiger partial charge in [0.25, 0.3) is 0 Å². The van der Waals surface area contributed by atoms with E-state index in [9.17, 15) is 44.3 Å². The average molecular weight is 1310 g/mol. The third-order valence-corrected chi connectivity index (χ3v) is 17.1. The zero-order valence-corrected chi connectivity index (χ0v) is 51.5. The monoisotopic (exact) mass is 1310 g/mol. The Morgan fingerprint density at radius 2 is 0.904 bits per heavy atom. The van der Waals surface area contributed by atoms with Crippen LogP contribution in [0.5, 0.6) is 0 Å². The SMILES string of the molecule is Cc1cccnc1C1(F)CCN(C(=NC2CCN(c3ccccc3)CC2)Nc2ccc(C(F)(F)F)cc2)CC1.Cc1cccnc1C1(F)CCN(C(=Nc2ccc(C(F)(F)F)cc2)NC#N)CC1.O=C(Nc1ccc(C(F)(F)F)cc1)N1CCC(F)(c2ccccc2)CC1. The molecule has 25 heteroatoms. The number of carbonyl (C=O) groups is 1. The number of aromatic nitrogens is 2. The number of guanidine groups is 2. The van der Waals surface area contributed by atoms with Crippen molar-refractivity contribution in [2.75, 3.05) is 67.9 Å². The van der Waals surface area contributed by atoms with Gasteiger partial charge in [-0.05, 0) is 140 Å². The smallest absolute Gasteiger partial charge is 0.371 e. The molecule has 0 radical (unpaired) electrons. The molecule has 0 spiro atoms. The number of pyridine rings is 2. The zero-order chi connectivity index (χ0) is 67.3. The number of nitriles is 1. The number of para-hydroxylation sites is 1. The topological polar surface area (TPSA) is 140 Å². The van der Waals surface area contributed by atoms with Crippen LogP contribution < -0.4 is 20.9 Å². The lowest BCUT2D eigenvalue weighted by molar-refractivity contribution is -0.138. The van der Waals surface area contributed by atoms with Crippen LogP contribution in [-0.4, -0.2) is 101 Å². The van der Waals surface area contributed by atoms with Crippen LogP contribution in [0.2, 0.25) is 0 Å². The molecule has 0 aliphatic carbocycles. The second-order valence-corrected chi connectivity index (χ2v) is 23.5. The number of carbonyl (C=O) groups excluding carboxylic acids is 1. The number of hydrogen-bond acceptors (Lipinski definition) is 7. The summed E-state index contributed by atoms with van der Waals surface area (Å²) in [6, 6.07) is 39.4. The van der Waals surface area contributed by atoms with Gasteiger partial charge in [-0.2, -0.15) is 44.8 Å². The molecule has 4 aliphatic heterocycles. The van der Waals surface area contributed by atoms with Gasteiger partial charge in [-0.15, -0.1) is 0 Å². The summed E-state index contributed by atoms with van der Waals surface area (Å²) < 4.78 is 161. The van der Waals surface area contributed by atoms with E-state index in [-0.39, 0.29) is 88.1 Å². The number of alkyl halides is 12. The standard InChI is InChI=1S/C30H33F4N5.C20H19F4N5.C19H18F4N2O/c1-22-6-5-17-35-27(22)29(31)15-20-39(21-16-29)28(36-24-11-9-23(10-12-24)30(32,33)34)37-25-13-18-38(19-14-25)26-7-3-2-4-8-26;1-14-3-2-10-26-17(14)19(21)8-11-29(12-9-19)18(27-13-25)28-16-6-4-15(5-7-16)20(22,23)24;20-18(14-4-2-1-3-5-14)10-12-25(13-11-18)17(26)24-16-8-6-15(7-9-16)19(21,22)23/h2-12,17,25H,13-16,18-21H2,1H3,(H,36,37);2-7,10H,8-9,11-12H2,1H3,(H,27,28);1-9H,10-13H2,(H,24,26). The number of urea groups is 1. The maximum Gasteiger partial charge on any atom is 0.416 e. The predicted molar refractivity (Wildman–Crippen MR) is 337 cm³/mol. The summed E-state index contributed by atoms with van der Waals surface area (Å²) in [6.07, 6.45) is -5.42. The van der Waals surface area contributed by atoms with E-state index in [1.54, 1.807) is 59.9 Å². The van der Waals surface area contributed by atoms with Crippen molar-refractivity contribution >= 4 is 40.7 Å². The van der Waals surface area contributed by atoms with Crippen molar-refractivity contribution in [3.8, 4) is 6.19 Å². The number of piperidine rings is 4. The maximum atomic E-state index is 16.0. The number of aryl methyl sites for hydroxylation is 2. The number of nitrogens with zero attached hydrogens (tertiary/aromatic N) is 9. The lowest BCUT2D eigenvalue weighted by Crippen LogP contribution is -2.47. The second-order valence-electron chi connectivity index (χ2n) is 23.5. The minimum absolute atomic E-state index is 0.0528. The molecule has 94 heavy (non-hydrogen) atoms. The number of hydrogen-bond donors (Lipinski definition) is 3. The van der Waals surface area contributed by atoms with Crippen molar-refractivity contribution in [2.45, 2.75) is 107 Å².